The van der Waals surface area contributed by atoms with E-state index in [9.17, 15) is 46.9 Å². The summed E-state index contributed by atoms with van der Waals surface area (Å²) in [6.45, 7) is -0.717. The molecule has 240 valence electrons. The van der Waals surface area contributed by atoms with E-state index in [4.69, 9.17) is 37.7 Å². The average Bonchev–Trinajstić information content (AvgIpc) is 3.38. The molecule has 1 aliphatic rings. The van der Waals surface area contributed by atoms with Gasteiger partial charge in [0.15, 0.2) is 28.4 Å². The lowest BCUT2D eigenvalue weighted by Crippen LogP contribution is -2.33. The van der Waals surface area contributed by atoms with Gasteiger partial charge >= 0.3 is 33.0 Å². The number of aliphatic hydroxyl groups excluding tert-OH is 2. The molecule has 0 aliphatic carbocycles. The molecule has 26 heteroatoms. The largest absolute Gasteiger partial charge is 0.479 e. The predicted octanol–water partition coefficient (Wildman–Crippen LogP) is 2.51. The van der Waals surface area contributed by atoms with Crippen molar-refractivity contribution in [1.29, 1.82) is 0 Å². The summed E-state index contributed by atoms with van der Waals surface area (Å²) >= 11 is 11.5. The molecule has 0 bridgehead atoms. The molecule has 7 N–H and O–H groups in total. The smallest absolute Gasteiger partial charge is 0.387 e. The SMILES string of the molecule is CCCSc1nc(NCC(F)(F)F)c2ncn([C@@H]3O[C@H](COP(=O)(O)OP(=O)(O)C(Cl)(Cl)P(=O)(O)O)[C@@H](O)[C@H]3O)c2n1. The molecular weight excluding hydrogens is 707 g/mol. The molecular formula is C16H23Cl2F3N5O12P3S. The molecule has 0 spiro atoms. The van der Waals surface area contributed by atoms with Crippen LogP contribution in [0.3, 0.4) is 0 Å². The van der Waals surface area contributed by atoms with Crippen LogP contribution in [0.25, 0.3) is 11.2 Å². The first-order valence-corrected chi connectivity index (χ1v) is 17.7. The third-order valence-corrected chi connectivity index (χ3v) is 14.0. The van der Waals surface area contributed by atoms with Crippen LogP contribution in [0.15, 0.2) is 11.5 Å². The zero-order chi connectivity index (χ0) is 31.9. The van der Waals surface area contributed by atoms with Gasteiger partial charge in [0.05, 0.1) is 12.9 Å². The van der Waals surface area contributed by atoms with Crippen molar-refractivity contribution in [3.63, 3.8) is 0 Å². The number of imidazole rings is 1. The topological polar surface area (TPSA) is 256 Å². The van der Waals surface area contributed by atoms with Crippen LogP contribution in [-0.2, 0) is 27.3 Å². The fourth-order valence-electron chi connectivity index (χ4n) is 3.29. The van der Waals surface area contributed by atoms with Crippen molar-refractivity contribution in [2.24, 2.45) is 0 Å². The summed E-state index contributed by atoms with van der Waals surface area (Å²) in [6.07, 6.45) is -9.74. The molecule has 17 nitrogen and oxygen atoms in total. The van der Waals surface area contributed by atoms with Crippen LogP contribution in [0.4, 0.5) is 19.0 Å². The van der Waals surface area contributed by atoms with Gasteiger partial charge in [0.2, 0.25) is 0 Å². The van der Waals surface area contributed by atoms with Crippen molar-refractivity contribution in [1.82, 2.24) is 19.5 Å². The third-order valence-electron chi connectivity index (χ3n) is 5.21. The van der Waals surface area contributed by atoms with E-state index in [1.807, 2.05) is 6.92 Å². The Bertz CT molecular complexity index is 1430. The molecule has 3 heterocycles. The molecule has 1 fully saturated rings. The second kappa shape index (κ2) is 13.0. The van der Waals surface area contributed by atoms with Gasteiger partial charge in [0, 0.05) is 5.75 Å². The maximum atomic E-state index is 12.8. The van der Waals surface area contributed by atoms with E-state index >= 15 is 0 Å². The number of phosphoric ester groups is 1. The molecule has 0 aromatic carbocycles. The Morgan fingerprint density at radius 3 is 2.36 bits per heavy atom. The Morgan fingerprint density at radius 1 is 1.14 bits per heavy atom. The second-order valence-corrected chi connectivity index (χ2v) is 17.6. The van der Waals surface area contributed by atoms with Crippen LogP contribution >= 0.6 is 58.0 Å². The zero-order valence-corrected chi connectivity index (χ0v) is 25.8. The Kier molecular flexibility index (Phi) is 11.1. The minimum Gasteiger partial charge on any atom is -0.387 e. The zero-order valence-electron chi connectivity index (χ0n) is 20.8. The van der Waals surface area contributed by atoms with Crippen molar-refractivity contribution in [2.45, 2.75) is 53.0 Å². The Hall–Kier alpha value is -0.600. The number of hydrogen-bond donors (Lipinski definition) is 7. The van der Waals surface area contributed by atoms with Crippen LogP contribution < -0.4 is 5.32 Å². The van der Waals surface area contributed by atoms with Crippen LogP contribution in [0, 0.1) is 0 Å². The summed E-state index contributed by atoms with van der Waals surface area (Å²) in [5.74, 6) is 0.227. The van der Waals surface area contributed by atoms with Crippen LogP contribution in [-0.4, -0.2) is 96.5 Å². The number of phosphoric acid groups is 1. The van der Waals surface area contributed by atoms with Crippen molar-refractivity contribution in [3.05, 3.63) is 6.33 Å². The highest BCUT2D eigenvalue weighted by molar-refractivity contribution is 7.99. The lowest BCUT2D eigenvalue weighted by molar-refractivity contribution is -0.115. The van der Waals surface area contributed by atoms with E-state index in [1.54, 1.807) is 0 Å². The Balaban J connectivity index is 1.83. The molecule has 0 amide bonds. The first-order chi connectivity index (χ1) is 19.1. The minimum atomic E-state index is -5.97. The number of aromatic nitrogens is 4. The fourth-order valence-corrected chi connectivity index (χ4v) is 8.22. The highest BCUT2D eigenvalue weighted by Gasteiger charge is 2.62. The van der Waals surface area contributed by atoms with E-state index < -0.39 is 70.7 Å². The summed E-state index contributed by atoms with van der Waals surface area (Å²) in [6, 6.07) is 0. The van der Waals surface area contributed by atoms with Gasteiger partial charge in [-0.2, -0.15) is 13.2 Å². The van der Waals surface area contributed by atoms with E-state index in [1.165, 1.54) is 0 Å². The highest BCUT2D eigenvalue weighted by Crippen LogP contribution is 2.79. The average molecular weight is 730 g/mol. The van der Waals surface area contributed by atoms with E-state index in [-0.39, 0.29) is 22.1 Å². The quantitative estimate of drug-likeness (QED) is 0.0676. The number of ether oxygens (including phenoxy) is 1. The summed E-state index contributed by atoms with van der Waals surface area (Å²) in [5, 5.41) is 23.2. The number of halogens is 5. The van der Waals surface area contributed by atoms with Crippen molar-refractivity contribution >= 4 is 75.0 Å². The number of fused-ring (bicyclic) bond motifs is 1. The Labute approximate surface area is 248 Å². The van der Waals surface area contributed by atoms with Gasteiger partial charge in [-0.3, -0.25) is 18.2 Å². The molecule has 6 atom stereocenters. The molecule has 0 radical (unpaired) electrons. The lowest BCUT2D eigenvalue weighted by atomic mass is 10.1. The fraction of sp³-hybridized carbons (Fsp3) is 0.688. The van der Waals surface area contributed by atoms with Gasteiger partial charge in [0.25, 0.3) is 0 Å². The number of hydrogen-bond acceptors (Lipinski definition) is 13. The third kappa shape index (κ3) is 8.16. The van der Waals surface area contributed by atoms with Gasteiger partial charge in [-0.05, 0) is 6.42 Å². The number of nitrogens with one attached hydrogen (secondary N) is 1. The second-order valence-electron chi connectivity index (χ2n) is 8.46. The number of aliphatic hydroxyl groups is 2. The molecule has 2 unspecified atom stereocenters. The summed E-state index contributed by atoms with van der Waals surface area (Å²) < 4.78 is 85.3. The van der Waals surface area contributed by atoms with Crippen LogP contribution in [0.5, 0.6) is 0 Å². The maximum Gasteiger partial charge on any atom is 0.479 e. The van der Waals surface area contributed by atoms with Crippen molar-refractivity contribution in [2.75, 3.05) is 24.2 Å². The molecule has 1 saturated heterocycles. The van der Waals surface area contributed by atoms with Gasteiger partial charge in [-0.25, -0.2) is 23.8 Å². The highest BCUT2D eigenvalue weighted by atomic mass is 35.5. The monoisotopic (exact) mass is 729 g/mol. The van der Waals surface area contributed by atoms with Gasteiger partial charge in [-0.15, -0.1) is 0 Å². The number of rotatable bonds is 13. The normalized spacial score (nSPS) is 25.0. The first kappa shape index (κ1) is 35.9. The van der Waals surface area contributed by atoms with Gasteiger partial charge in [0.1, 0.15) is 24.9 Å². The number of alkyl halides is 5. The van der Waals surface area contributed by atoms with Crippen molar-refractivity contribution < 1.29 is 70.2 Å². The number of thioether (sulfide) groups is 1. The summed E-state index contributed by atoms with van der Waals surface area (Å²) in [7, 11) is -17.4. The molecule has 2 aromatic heterocycles. The molecule has 42 heavy (non-hydrogen) atoms. The summed E-state index contributed by atoms with van der Waals surface area (Å²) in [4.78, 5) is 49.9. The Morgan fingerprint density at radius 2 is 1.79 bits per heavy atom. The molecule has 0 saturated carbocycles. The number of nitrogens with zero attached hydrogens (tertiary/aromatic N) is 4. The number of anilines is 1. The summed E-state index contributed by atoms with van der Waals surface area (Å²) in [5.41, 5.74) is -0.255. The molecule has 1 aliphatic heterocycles. The first-order valence-electron chi connectivity index (χ1n) is 11.2. The van der Waals surface area contributed by atoms with E-state index in [0.717, 1.165) is 22.7 Å². The predicted molar refractivity (Wildman–Crippen MR) is 140 cm³/mol. The van der Waals surface area contributed by atoms with Gasteiger partial charge in [-0.1, -0.05) is 41.9 Å². The van der Waals surface area contributed by atoms with Crippen LogP contribution in [0.2, 0.25) is 0 Å². The maximum absolute atomic E-state index is 12.8. The van der Waals surface area contributed by atoms with E-state index in [0.29, 0.717) is 12.2 Å². The lowest BCUT2D eigenvalue weighted by Gasteiger charge is -2.26. The van der Waals surface area contributed by atoms with E-state index in [2.05, 4.69) is 29.1 Å². The van der Waals surface area contributed by atoms with Crippen LogP contribution in [0.1, 0.15) is 19.6 Å². The van der Waals surface area contributed by atoms with Crippen molar-refractivity contribution in [3.8, 4) is 0 Å². The van der Waals surface area contributed by atoms with Gasteiger partial charge < -0.3 is 39.8 Å². The minimum absolute atomic E-state index is 0.0560. The molecule has 2 aromatic rings. The molecule has 3 rings (SSSR count). The standard InChI is InChI=1S/C16H23Cl2F3N5O12P3S/c1-2-3-42-14-24-11(22-5-15(19,20)21)8-12(25-14)26(6-23-8)13-10(28)9(27)7(37-13)4-36-41(34,35)38-40(32,33)16(17,18)39(29,30)31/h6-7,9-10,13,27-28H,2-5H2,1H3,(H,32,33)(H,34,35)(H,22,24,25)(H2,29,30,31)/t7-,9-,10-,13-/m1/s1.